The molecule has 2 aromatic rings. The number of amides is 1. The van der Waals surface area contributed by atoms with Crippen LogP contribution in [0.4, 0.5) is 0 Å². The first-order valence-corrected chi connectivity index (χ1v) is 9.63. The van der Waals surface area contributed by atoms with E-state index in [0.29, 0.717) is 12.3 Å². The molecule has 0 saturated carbocycles. The standard InChI is InChI=1S/C18H21NO2.C4H9N.C2H2/c1-14-9-7-8-10-16(14)13-19(3)18(20)15(2)21-17-11-5-4-6-12-17;1-2-4-5-3-1;1-2/h4-12,15H,13H2,1-3H3;5H,1-4H2;1-2H. The molecule has 1 heterocycles. The molecule has 1 fully saturated rings. The lowest BCUT2D eigenvalue weighted by molar-refractivity contribution is -0.137. The summed E-state index contributed by atoms with van der Waals surface area (Å²) in [6, 6.07) is 17.5. The van der Waals surface area contributed by atoms with Crippen LogP contribution in [0.25, 0.3) is 0 Å². The molecule has 4 nitrogen and oxygen atoms in total. The van der Waals surface area contributed by atoms with E-state index in [1.807, 2.05) is 48.5 Å². The monoisotopic (exact) mass is 380 g/mol. The van der Waals surface area contributed by atoms with Crippen LogP contribution in [0.2, 0.25) is 0 Å². The second kappa shape index (κ2) is 13.4. The molecule has 150 valence electrons. The first-order valence-electron chi connectivity index (χ1n) is 9.63. The number of nitrogens with one attached hydrogen (secondary N) is 1. The fourth-order valence-electron chi connectivity index (χ4n) is 2.81. The van der Waals surface area contributed by atoms with Gasteiger partial charge < -0.3 is 15.0 Å². The van der Waals surface area contributed by atoms with E-state index in [9.17, 15) is 4.79 Å². The van der Waals surface area contributed by atoms with Crippen LogP contribution in [0.3, 0.4) is 0 Å². The number of hydrogen-bond donors (Lipinski definition) is 1. The average molecular weight is 381 g/mol. The normalized spacial score (nSPS) is 13.2. The Morgan fingerprint density at radius 2 is 1.64 bits per heavy atom. The minimum atomic E-state index is -0.499. The van der Waals surface area contributed by atoms with Gasteiger partial charge in [-0.2, -0.15) is 0 Å². The van der Waals surface area contributed by atoms with Gasteiger partial charge in [-0.15, -0.1) is 12.8 Å². The highest BCUT2D eigenvalue weighted by atomic mass is 16.5. The van der Waals surface area contributed by atoms with E-state index in [0.717, 1.165) is 5.56 Å². The van der Waals surface area contributed by atoms with Crippen molar-refractivity contribution in [3.63, 3.8) is 0 Å². The van der Waals surface area contributed by atoms with Gasteiger partial charge >= 0.3 is 0 Å². The number of terminal acetylenes is 1. The first kappa shape index (κ1) is 23.3. The molecule has 4 heteroatoms. The van der Waals surface area contributed by atoms with Gasteiger partial charge in [0, 0.05) is 13.6 Å². The van der Waals surface area contributed by atoms with Crippen molar-refractivity contribution in [1.29, 1.82) is 0 Å². The van der Waals surface area contributed by atoms with Crippen LogP contribution in [-0.2, 0) is 11.3 Å². The van der Waals surface area contributed by atoms with Crippen molar-refractivity contribution in [3.05, 3.63) is 65.7 Å². The minimum absolute atomic E-state index is 0.0258. The van der Waals surface area contributed by atoms with E-state index >= 15 is 0 Å². The minimum Gasteiger partial charge on any atom is -0.481 e. The Labute approximate surface area is 169 Å². The number of carbonyl (C=O) groups excluding carboxylic acids is 1. The summed E-state index contributed by atoms with van der Waals surface area (Å²) >= 11 is 0. The van der Waals surface area contributed by atoms with Gasteiger partial charge in [-0.3, -0.25) is 4.79 Å². The van der Waals surface area contributed by atoms with Crippen LogP contribution in [0.1, 0.15) is 30.9 Å². The van der Waals surface area contributed by atoms with Gasteiger partial charge in [0.15, 0.2) is 6.10 Å². The van der Waals surface area contributed by atoms with Crippen molar-refractivity contribution in [2.24, 2.45) is 0 Å². The second-order valence-corrected chi connectivity index (χ2v) is 6.65. The summed E-state index contributed by atoms with van der Waals surface area (Å²) < 4.78 is 5.67. The van der Waals surface area contributed by atoms with E-state index in [1.165, 1.54) is 31.5 Å². The van der Waals surface area contributed by atoms with Crippen molar-refractivity contribution >= 4 is 5.91 Å². The molecule has 1 aliphatic rings. The van der Waals surface area contributed by atoms with E-state index < -0.39 is 6.10 Å². The lowest BCUT2D eigenvalue weighted by atomic mass is 10.1. The van der Waals surface area contributed by atoms with Crippen LogP contribution in [-0.4, -0.2) is 37.0 Å². The summed E-state index contributed by atoms with van der Waals surface area (Å²) in [5, 5.41) is 3.22. The third kappa shape index (κ3) is 8.28. The van der Waals surface area contributed by atoms with E-state index in [4.69, 9.17) is 4.74 Å². The largest absolute Gasteiger partial charge is 0.481 e. The maximum absolute atomic E-state index is 12.4. The molecule has 3 rings (SSSR count). The molecule has 0 aliphatic carbocycles. The molecule has 1 unspecified atom stereocenters. The number of para-hydroxylation sites is 1. The highest BCUT2D eigenvalue weighted by Crippen LogP contribution is 2.14. The fraction of sp³-hybridized carbons (Fsp3) is 0.375. The molecule has 0 radical (unpaired) electrons. The molecule has 28 heavy (non-hydrogen) atoms. The predicted molar refractivity (Wildman–Crippen MR) is 116 cm³/mol. The number of benzene rings is 2. The van der Waals surface area contributed by atoms with Gasteiger partial charge in [-0.1, -0.05) is 42.5 Å². The van der Waals surface area contributed by atoms with E-state index in [-0.39, 0.29) is 5.91 Å². The van der Waals surface area contributed by atoms with Crippen LogP contribution in [0.5, 0.6) is 5.75 Å². The molecule has 1 aliphatic heterocycles. The van der Waals surface area contributed by atoms with E-state index in [1.54, 1.807) is 18.9 Å². The summed E-state index contributed by atoms with van der Waals surface area (Å²) in [5.74, 6) is 0.685. The zero-order valence-electron chi connectivity index (χ0n) is 17.2. The molecule has 1 saturated heterocycles. The molecule has 1 atom stereocenters. The molecular formula is C24H32N2O2. The smallest absolute Gasteiger partial charge is 0.263 e. The maximum Gasteiger partial charge on any atom is 0.263 e. The zero-order chi connectivity index (χ0) is 20.8. The first-order chi connectivity index (χ1) is 13.6. The Kier molecular flexibility index (Phi) is 11.1. The number of nitrogens with zero attached hydrogens (tertiary/aromatic N) is 1. The molecule has 1 N–H and O–H groups in total. The van der Waals surface area contributed by atoms with Crippen LogP contribution < -0.4 is 10.1 Å². The summed E-state index contributed by atoms with van der Waals surface area (Å²) in [6.45, 7) is 6.93. The van der Waals surface area contributed by atoms with Gasteiger partial charge in [-0.25, -0.2) is 0 Å². The summed E-state index contributed by atoms with van der Waals surface area (Å²) in [6.07, 6.45) is 10.3. The predicted octanol–water partition coefficient (Wildman–Crippen LogP) is 4.04. The number of hydrogen-bond acceptors (Lipinski definition) is 3. The van der Waals surface area contributed by atoms with Crippen LogP contribution in [0.15, 0.2) is 54.6 Å². The third-order valence-electron chi connectivity index (χ3n) is 4.41. The summed E-state index contributed by atoms with van der Waals surface area (Å²) in [4.78, 5) is 14.1. The second-order valence-electron chi connectivity index (χ2n) is 6.65. The highest BCUT2D eigenvalue weighted by Gasteiger charge is 2.19. The fourth-order valence-corrected chi connectivity index (χ4v) is 2.81. The third-order valence-corrected chi connectivity index (χ3v) is 4.41. The van der Waals surface area contributed by atoms with Crippen LogP contribution in [0, 0.1) is 19.8 Å². The molecule has 0 bridgehead atoms. The molecular weight excluding hydrogens is 348 g/mol. The number of ether oxygens (including phenoxy) is 1. The summed E-state index contributed by atoms with van der Waals surface area (Å²) in [7, 11) is 1.81. The SMILES string of the molecule is C#C.C1CCNC1.Cc1ccccc1CN(C)C(=O)C(C)Oc1ccccc1. The molecule has 0 aromatic heterocycles. The highest BCUT2D eigenvalue weighted by molar-refractivity contribution is 5.80. The summed E-state index contributed by atoms with van der Waals surface area (Å²) in [5.41, 5.74) is 2.34. The van der Waals surface area contributed by atoms with Gasteiger partial charge in [0.2, 0.25) is 0 Å². The number of carbonyl (C=O) groups is 1. The van der Waals surface area contributed by atoms with Gasteiger partial charge in [0.05, 0.1) is 0 Å². The van der Waals surface area contributed by atoms with Crippen molar-refractivity contribution < 1.29 is 9.53 Å². The molecule has 0 spiro atoms. The lowest BCUT2D eigenvalue weighted by Gasteiger charge is -2.23. The Bertz CT molecular complexity index is 701. The Morgan fingerprint density at radius 1 is 1.07 bits per heavy atom. The number of rotatable bonds is 5. The van der Waals surface area contributed by atoms with Gasteiger partial charge in [0.1, 0.15) is 5.75 Å². The quantitative estimate of drug-likeness (QED) is 0.796. The Hall–Kier alpha value is -2.77. The van der Waals surface area contributed by atoms with E-state index in [2.05, 4.69) is 31.2 Å². The van der Waals surface area contributed by atoms with Crippen molar-refractivity contribution in [1.82, 2.24) is 10.2 Å². The molecule has 2 aromatic carbocycles. The maximum atomic E-state index is 12.4. The van der Waals surface area contributed by atoms with Crippen molar-refractivity contribution in [2.75, 3.05) is 20.1 Å². The van der Waals surface area contributed by atoms with Crippen molar-refractivity contribution in [2.45, 2.75) is 39.3 Å². The average Bonchev–Trinajstić information content (AvgIpc) is 3.31. The zero-order valence-corrected chi connectivity index (χ0v) is 17.2. The Balaban J connectivity index is 0.000000476. The van der Waals surface area contributed by atoms with Crippen molar-refractivity contribution in [3.8, 4) is 18.6 Å². The number of likely N-dealkylation sites (N-methyl/N-ethyl adjacent to an activating group) is 1. The van der Waals surface area contributed by atoms with Crippen LogP contribution >= 0.6 is 0 Å². The number of aryl methyl sites for hydroxylation is 1. The Morgan fingerprint density at radius 3 is 2.18 bits per heavy atom. The van der Waals surface area contributed by atoms with Gasteiger partial charge in [-0.05, 0) is 63.0 Å². The lowest BCUT2D eigenvalue weighted by Crippen LogP contribution is -2.37. The molecule has 1 amide bonds. The van der Waals surface area contributed by atoms with Gasteiger partial charge in [0.25, 0.3) is 5.91 Å². The topological polar surface area (TPSA) is 41.6 Å².